The van der Waals surface area contributed by atoms with Crippen LogP contribution >= 0.6 is 0 Å². The number of rotatable bonds is 11. The lowest BCUT2D eigenvalue weighted by molar-refractivity contribution is -0.347. The number of hydrogen-bond acceptors (Lipinski definition) is 11. The molecule has 11 nitrogen and oxygen atoms in total. The van der Waals surface area contributed by atoms with Crippen LogP contribution in [-0.4, -0.2) is 112 Å². The Morgan fingerprint density at radius 2 is 1.64 bits per heavy atom. The van der Waals surface area contributed by atoms with Gasteiger partial charge in [0.1, 0.15) is 6.10 Å². The summed E-state index contributed by atoms with van der Waals surface area (Å²) in [6.45, 7) is 35.3. The number of likely N-dealkylation sites (N-methyl/N-ethyl adjacent to an activating group) is 1. The molecule has 3 aliphatic heterocycles. The maximum absolute atomic E-state index is 14.5. The summed E-state index contributed by atoms with van der Waals surface area (Å²) < 4.78 is 54.3. The molecule has 58 heavy (non-hydrogen) atoms. The van der Waals surface area contributed by atoms with Gasteiger partial charge in [-0.2, -0.15) is 0 Å². The number of carbonyl (C=O) groups is 2. The monoisotopic (exact) mass is 830 g/mol. The van der Waals surface area contributed by atoms with Crippen LogP contribution in [0.3, 0.4) is 0 Å². The van der Waals surface area contributed by atoms with Crippen LogP contribution in [0.5, 0.6) is 0 Å². The first-order chi connectivity index (χ1) is 26.9. The zero-order chi connectivity index (χ0) is 43.5. The van der Waals surface area contributed by atoms with Gasteiger partial charge in [-0.15, -0.1) is 6.58 Å². The Bertz CT molecular complexity index is 1560. The molecule has 328 valence electrons. The summed E-state index contributed by atoms with van der Waals surface area (Å²) in [5.74, 6) is -3.13. The molecule has 0 N–H and O–H groups in total. The minimum atomic E-state index is -2.32. The third kappa shape index (κ3) is 11.3. The molecule has 1 aromatic carbocycles. The highest BCUT2D eigenvalue weighted by molar-refractivity contribution is 6.69. The van der Waals surface area contributed by atoms with Crippen LogP contribution in [-0.2, 0) is 42.4 Å². The van der Waals surface area contributed by atoms with Crippen LogP contribution < -0.4 is 0 Å². The topological polar surface area (TPSA) is 111 Å². The molecule has 3 heterocycles. The minimum Gasteiger partial charge on any atom is -0.457 e. The first-order valence-electron chi connectivity index (χ1n) is 21.3. The Morgan fingerprint density at radius 3 is 2.21 bits per heavy atom. The predicted octanol–water partition coefficient (Wildman–Crippen LogP) is 8.58. The fraction of sp³-hybridized carbons (Fsp3) is 0.739. The van der Waals surface area contributed by atoms with E-state index in [4.69, 9.17) is 37.6 Å². The van der Waals surface area contributed by atoms with Crippen molar-refractivity contribution in [1.29, 1.82) is 0 Å². The van der Waals surface area contributed by atoms with Crippen molar-refractivity contribution in [3.05, 3.63) is 60.7 Å². The number of nitrogens with zero attached hydrogens (tertiary/aromatic N) is 1. The van der Waals surface area contributed by atoms with Crippen molar-refractivity contribution in [1.82, 2.24) is 4.90 Å². The predicted molar refractivity (Wildman–Crippen MR) is 229 cm³/mol. The molecule has 3 aliphatic rings. The molecule has 0 aromatic heterocycles. The minimum absolute atomic E-state index is 0.117. The van der Waals surface area contributed by atoms with E-state index >= 15 is 0 Å². The average Bonchev–Trinajstić information content (AvgIpc) is 3.14. The quantitative estimate of drug-likeness (QED) is 0.122. The van der Waals surface area contributed by atoms with Crippen LogP contribution in [0.25, 0.3) is 0 Å². The molecule has 3 saturated heterocycles. The summed E-state index contributed by atoms with van der Waals surface area (Å²) >= 11 is 0. The largest absolute Gasteiger partial charge is 0.457 e. The molecule has 1 unspecified atom stereocenters. The molecule has 0 aliphatic carbocycles. The highest BCUT2D eigenvalue weighted by Gasteiger charge is 2.56. The van der Waals surface area contributed by atoms with Gasteiger partial charge in [0.15, 0.2) is 26.5 Å². The first kappa shape index (κ1) is 48.2. The van der Waals surface area contributed by atoms with Gasteiger partial charge in [0, 0.05) is 11.3 Å². The molecule has 4 rings (SSSR count). The molecule has 12 heteroatoms. The molecule has 0 saturated carbocycles. The van der Waals surface area contributed by atoms with Gasteiger partial charge in [-0.3, -0.25) is 4.79 Å². The summed E-state index contributed by atoms with van der Waals surface area (Å²) in [5, 5.41) is 0. The van der Waals surface area contributed by atoms with Crippen molar-refractivity contribution in [2.75, 3.05) is 20.7 Å². The Kier molecular flexibility index (Phi) is 15.9. The van der Waals surface area contributed by atoms with Crippen molar-refractivity contribution >= 4 is 20.3 Å². The molecular formula is C46H75NO10Si. The van der Waals surface area contributed by atoms with Crippen LogP contribution in [0.4, 0.5) is 0 Å². The highest BCUT2D eigenvalue weighted by Crippen LogP contribution is 2.49. The second-order valence-corrected chi connectivity index (χ2v) is 23.9. The number of cyclic esters (lactones) is 1. The Balaban J connectivity index is 1.95. The van der Waals surface area contributed by atoms with Gasteiger partial charge in [-0.25, -0.2) is 4.79 Å². The van der Waals surface area contributed by atoms with E-state index in [1.807, 2.05) is 66.9 Å². The van der Waals surface area contributed by atoms with Crippen LogP contribution in [0.1, 0.15) is 98.9 Å². The fourth-order valence-electron chi connectivity index (χ4n) is 9.44. The van der Waals surface area contributed by atoms with Crippen molar-refractivity contribution in [3.8, 4) is 0 Å². The van der Waals surface area contributed by atoms with Crippen LogP contribution in [0, 0.1) is 23.2 Å². The standard InChI is InChI=1S/C46H75NO10Si/c1-18-25-50-46(12)27-28(3)38-44(8,9)39(56-45(10,11)55-38)30(5)35(19-2)52-41(48)32(7)36(57-58(15,16)17)31(6)40(46)54-43-37(34(47(13)14)26-29(4)51-43)53-42(49)33-23-21-20-22-24-33/h18,20-24,28-29,31-32,34-40,43H,1,5,19,25-27H2,2-4,6-17H3/t28-,29-,31+,32-,34+,35-,36+,37-,38+,39+,40-,43?,46+/m1/s1. The number of hydrogen-bond donors (Lipinski definition) is 0. The lowest BCUT2D eigenvalue weighted by Crippen LogP contribution is -2.63. The molecule has 3 fully saturated rings. The van der Waals surface area contributed by atoms with Crippen molar-refractivity contribution < 1.29 is 47.2 Å². The molecule has 1 aromatic rings. The zero-order valence-electron chi connectivity index (χ0n) is 38.2. The van der Waals surface area contributed by atoms with Gasteiger partial charge < -0.3 is 42.5 Å². The fourth-order valence-corrected chi connectivity index (χ4v) is 10.7. The lowest BCUT2D eigenvalue weighted by atomic mass is 9.68. The van der Waals surface area contributed by atoms with Crippen LogP contribution in [0.15, 0.2) is 55.1 Å². The molecular weight excluding hydrogens is 755 g/mol. The Hall–Kier alpha value is -2.42. The molecule has 2 bridgehead atoms. The van der Waals surface area contributed by atoms with E-state index < -0.39 is 85.7 Å². The lowest BCUT2D eigenvalue weighted by Gasteiger charge is -2.55. The van der Waals surface area contributed by atoms with Crippen molar-refractivity contribution in [2.45, 2.75) is 175 Å². The maximum Gasteiger partial charge on any atom is 0.338 e. The second-order valence-electron chi connectivity index (χ2n) is 19.5. The van der Waals surface area contributed by atoms with E-state index in [2.05, 4.69) is 72.3 Å². The van der Waals surface area contributed by atoms with E-state index in [9.17, 15) is 9.59 Å². The molecule has 13 atom stereocenters. The van der Waals surface area contributed by atoms with Gasteiger partial charge in [0.05, 0.1) is 60.3 Å². The number of fused-ring (bicyclic) bond motifs is 2. The highest BCUT2D eigenvalue weighted by atomic mass is 28.4. The van der Waals surface area contributed by atoms with Crippen LogP contribution in [0.2, 0.25) is 19.6 Å². The van der Waals surface area contributed by atoms with Crippen molar-refractivity contribution in [2.24, 2.45) is 23.2 Å². The Labute approximate surface area is 350 Å². The summed E-state index contributed by atoms with van der Waals surface area (Å²) in [4.78, 5) is 30.3. The Morgan fingerprint density at radius 1 is 1.00 bits per heavy atom. The summed E-state index contributed by atoms with van der Waals surface area (Å²) in [6, 6.07) is 8.72. The molecule has 0 amide bonds. The van der Waals surface area contributed by atoms with E-state index in [1.54, 1.807) is 18.2 Å². The normalized spacial score (nSPS) is 37.4. The van der Waals surface area contributed by atoms with E-state index in [1.165, 1.54) is 0 Å². The van der Waals surface area contributed by atoms with E-state index in [-0.39, 0.29) is 30.8 Å². The second kappa shape index (κ2) is 19.1. The van der Waals surface area contributed by atoms with Crippen molar-refractivity contribution in [3.63, 3.8) is 0 Å². The SMILES string of the molecule is C=CCO[C@@]1(C)C[C@@H](C)[C@@H]2OC(C)(C)O[C@@H](C(=C)[C@@H](CC)OC(=O)[C@H](C)[C@@H](O[Si](C)(C)C)[C@H](C)[C@H]1OC1O[C@H](C)C[C@H](N(C)C)[C@H]1OC(=O)c1ccccc1)C2(C)C. The molecule has 0 radical (unpaired) electrons. The first-order valence-corrected chi connectivity index (χ1v) is 24.7. The van der Waals surface area contributed by atoms with Gasteiger partial charge in [0.25, 0.3) is 0 Å². The van der Waals surface area contributed by atoms with Gasteiger partial charge in [0.2, 0.25) is 0 Å². The maximum atomic E-state index is 14.5. The zero-order valence-corrected chi connectivity index (χ0v) is 39.2. The number of carbonyl (C=O) groups excluding carboxylic acids is 2. The summed E-state index contributed by atoms with van der Waals surface area (Å²) in [5.41, 5.74) is -0.505. The number of benzene rings is 1. The summed E-state index contributed by atoms with van der Waals surface area (Å²) in [6.07, 6.45) is -1.54. The van der Waals surface area contributed by atoms with E-state index in [0.717, 1.165) is 0 Å². The summed E-state index contributed by atoms with van der Waals surface area (Å²) in [7, 11) is 1.62. The van der Waals surface area contributed by atoms with Gasteiger partial charge in [-0.1, -0.05) is 65.5 Å². The van der Waals surface area contributed by atoms with Gasteiger partial charge in [-0.05, 0) is 111 Å². The third-order valence-corrected chi connectivity index (χ3v) is 13.1. The van der Waals surface area contributed by atoms with Gasteiger partial charge >= 0.3 is 11.9 Å². The van der Waals surface area contributed by atoms with E-state index in [0.29, 0.717) is 30.4 Å². The average molecular weight is 830 g/mol. The smallest absolute Gasteiger partial charge is 0.338 e. The number of ether oxygens (including phenoxy) is 7. The molecule has 0 spiro atoms. The third-order valence-electron chi connectivity index (χ3n) is 12.1. The number of esters is 2.